The van der Waals surface area contributed by atoms with Crippen LogP contribution in [-0.4, -0.2) is 22.0 Å². The average molecular weight is 294 g/mol. The summed E-state index contributed by atoms with van der Waals surface area (Å²) in [5.41, 5.74) is -0.222. The Balaban J connectivity index is 2.30. The van der Waals surface area contributed by atoms with Gasteiger partial charge in [-0.15, -0.1) is 11.3 Å². The third-order valence-corrected chi connectivity index (χ3v) is 3.79. The van der Waals surface area contributed by atoms with E-state index in [2.05, 4.69) is 10.3 Å². The fraction of sp³-hybridized carbons (Fsp3) is 0.154. The number of rotatable bonds is 4. The molecule has 7 heteroatoms. The molecule has 104 valence electrons. The van der Waals surface area contributed by atoms with Crippen molar-refractivity contribution in [1.82, 2.24) is 4.98 Å². The third-order valence-electron chi connectivity index (χ3n) is 2.59. The first kappa shape index (κ1) is 14.1. The van der Waals surface area contributed by atoms with Gasteiger partial charge in [0.25, 0.3) is 5.91 Å². The van der Waals surface area contributed by atoms with Gasteiger partial charge < -0.3 is 10.4 Å². The lowest BCUT2D eigenvalue weighted by atomic mass is 10.2. The molecule has 2 aromatic rings. The second-order valence-electron chi connectivity index (χ2n) is 3.91. The van der Waals surface area contributed by atoms with E-state index in [1.54, 1.807) is 0 Å². The minimum Gasteiger partial charge on any atom is -0.478 e. The number of aryl methyl sites for hydroxylation is 1. The number of carboxylic acid groups (broad SMARTS) is 1. The minimum atomic E-state index is -1.14. The predicted octanol–water partition coefficient (Wildman–Crippen LogP) is 2.80. The summed E-state index contributed by atoms with van der Waals surface area (Å²) in [6.07, 6.45) is 1.89. The maximum Gasteiger partial charge on any atom is 0.338 e. The number of hydrogen-bond donors (Lipinski definition) is 2. The van der Waals surface area contributed by atoms with E-state index < -0.39 is 17.8 Å². The highest BCUT2D eigenvalue weighted by molar-refractivity contribution is 7.16. The number of hydrogen-bond acceptors (Lipinski definition) is 4. The molecule has 0 saturated heterocycles. The normalized spacial score (nSPS) is 10.3. The Bertz CT molecular complexity index is 669. The van der Waals surface area contributed by atoms with Crippen LogP contribution in [-0.2, 0) is 6.42 Å². The van der Waals surface area contributed by atoms with Gasteiger partial charge in [0.1, 0.15) is 5.00 Å². The second-order valence-corrected chi connectivity index (χ2v) is 5.05. The van der Waals surface area contributed by atoms with E-state index in [4.69, 9.17) is 5.11 Å². The van der Waals surface area contributed by atoms with Crippen LogP contribution in [0.3, 0.4) is 0 Å². The number of anilines is 1. The topological polar surface area (TPSA) is 79.3 Å². The van der Waals surface area contributed by atoms with E-state index in [1.807, 2.05) is 6.92 Å². The monoisotopic (exact) mass is 294 g/mol. The molecular formula is C13H11FN2O3S. The molecule has 2 rings (SSSR count). The molecule has 20 heavy (non-hydrogen) atoms. The molecule has 0 aliphatic heterocycles. The Kier molecular flexibility index (Phi) is 4.09. The van der Waals surface area contributed by atoms with Gasteiger partial charge in [0.2, 0.25) is 5.95 Å². The van der Waals surface area contributed by atoms with Crippen molar-refractivity contribution in [2.24, 2.45) is 0 Å². The summed E-state index contributed by atoms with van der Waals surface area (Å²) in [5, 5.41) is 11.7. The molecule has 0 bridgehead atoms. The average Bonchev–Trinajstić information content (AvgIpc) is 2.82. The second kappa shape index (κ2) is 5.79. The van der Waals surface area contributed by atoms with Crippen molar-refractivity contribution in [3.63, 3.8) is 0 Å². The molecule has 2 aromatic heterocycles. The van der Waals surface area contributed by atoms with Crippen molar-refractivity contribution in [2.75, 3.05) is 5.32 Å². The van der Waals surface area contributed by atoms with Crippen molar-refractivity contribution in [3.05, 3.63) is 46.3 Å². The Morgan fingerprint density at radius 3 is 2.80 bits per heavy atom. The summed E-state index contributed by atoms with van der Waals surface area (Å²) < 4.78 is 13.4. The van der Waals surface area contributed by atoms with Crippen LogP contribution < -0.4 is 5.32 Å². The number of halogens is 1. The van der Waals surface area contributed by atoms with Crippen molar-refractivity contribution in [2.45, 2.75) is 13.3 Å². The number of nitrogens with one attached hydrogen (secondary N) is 1. The van der Waals surface area contributed by atoms with Crippen LogP contribution in [0.2, 0.25) is 0 Å². The Hall–Kier alpha value is -2.28. The Morgan fingerprint density at radius 1 is 1.45 bits per heavy atom. The fourth-order valence-corrected chi connectivity index (χ4v) is 2.58. The van der Waals surface area contributed by atoms with E-state index in [0.29, 0.717) is 6.42 Å². The molecule has 0 aromatic carbocycles. The third kappa shape index (κ3) is 2.83. The van der Waals surface area contributed by atoms with Crippen molar-refractivity contribution < 1.29 is 19.1 Å². The van der Waals surface area contributed by atoms with Crippen LogP contribution in [0.1, 0.15) is 32.5 Å². The molecule has 0 radical (unpaired) electrons. The molecule has 0 saturated carbocycles. The molecule has 2 N–H and O–H groups in total. The molecule has 1 amide bonds. The van der Waals surface area contributed by atoms with Gasteiger partial charge in [-0.05, 0) is 24.6 Å². The number of aromatic carboxylic acids is 1. The van der Waals surface area contributed by atoms with E-state index in [0.717, 1.165) is 16.2 Å². The molecule has 0 aliphatic carbocycles. The van der Waals surface area contributed by atoms with Crippen molar-refractivity contribution >= 4 is 28.2 Å². The van der Waals surface area contributed by atoms with Gasteiger partial charge in [-0.1, -0.05) is 6.92 Å². The van der Waals surface area contributed by atoms with Crippen LogP contribution >= 0.6 is 11.3 Å². The van der Waals surface area contributed by atoms with Crippen LogP contribution in [0.25, 0.3) is 0 Å². The number of carbonyl (C=O) groups excluding carboxylic acids is 1. The number of thiophene rings is 1. The molecule has 5 nitrogen and oxygen atoms in total. The predicted molar refractivity (Wildman–Crippen MR) is 72.8 cm³/mol. The number of pyridine rings is 1. The highest BCUT2D eigenvalue weighted by Crippen LogP contribution is 2.29. The molecule has 2 heterocycles. The molecule has 0 fully saturated rings. The Morgan fingerprint density at radius 2 is 2.20 bits per heavy atom. The first-order valence-electron chi connectivity index (χ1n) is 5.80. The van der Waals surface area contributed by atoms with Gasteiger partial charge in [0.15, 0.2) is 0 Å². The summed E-state index contributed by atoms with van der Waals surface area (Å²) in [7, 11) is 0. The van der Waals surface area contributed by atoms with Gasteiger partial charge in [0, 0.05) is 11.1 Å². The summed E-state index contributed by atoms with van der Waals surface area (Å²) in [5.74, 6) is -2.75. The summed E-state index contributed by atoms with van der Waals surface area (Å²) in [4.78, 5) is 27.2. The number of nitrogens with zero attached hydrogens (tertiary/aromatic N) is 1. The zero-order chi connectivity index (χ0) is 14.7. The molecule has 0 unspecified atom stereocenters. The lowest BCUT2D eigenvalue weighted by molar-refractivity contribution is 0.0698. The maximum atomic E-state index is 13.4. The number of carbonyl (C=O) groups is 2. The first-order chi connectivity index (χ1) is 9.52. The van der Waals surface area contributed by atoms with Gasteiger partial charge in [-0.3, -0.25) is 4.79 Å². The largest absolute Gasteiger partial charge is 0.478 e. The maximum absolute atomic E-state index is 13.4. The summed E-state index contributed by atoms with van der Waals surface area (Å²) in [6, 6.07) is 4.22. The van der Waals surface area contributed by atoms with Crippen LogP contribution in [0, 0.1) is 5.95 Å². The van der Waals surface area contributed by atoms with E-state index >= 15 is 0 Å². The van der Waals surface area contributed by atoms with Gasteiger partial charge in [0.05, 0.1) is 11.1 Å². The van der Waals surface area contributed by atoms with Crippen molar-refractivity contribution in [1.29, 1.82) is 0 Å². The first-order valence-corrected chi connectivity index (χ1v) is 6.62. The highest BCUT2D eigenvalue weighted by Gasteiger charge is 2.19. The number of amides is 1. The summed E-state index contributed by atoms with van der Waals surface area (Å²) >= 11 is 1.16. The smallest absolute Gasteiger partial charge is 0.338 e. The van der Waals surface area contributed by atoms with E-state index in [-0.39, 0.29) is 16.1 Å². The standard InChI is InChI=1S/C13H11FN2O3S/c1-2-7-6-9(13(18)19)12(20-7)16-11(17)8-4-3-5-15-10(8)14/h3-6H,2H2,1H3,(H,16,17)(H,18,19). The van der Waals surface area contributed by atoms with Gasteiger partial charge in [-0.25, -0.2) is 9.78 Å². The summed E-state index contributed by atoms with van der Waals surface area (Å²) in [6.45, 7) is 1.88. The highest BCUT2D eigenvalue weighted by atomic mass is 32.1. The van der Waals surface area contributed by atoms with Gasteiger partial charge in [-0.2, -0.15) is 4.39 Å². The number of carboxylic acids is 1. The van der Waals surface area contributed by atoms with Crippen LogP contribution in [0.5, 0.6) is 0 Å². The van der Waals surface area contributed by atoms with Crippen molar-refractivity contribution in [3.8, 4) is 0 Å². The number of aromatic nitrogens is 1. The fourth-order valence-electron chi connectivity index (χ4n) is 1.59. The lowest BCUT2D eigenvalue weighted by Crippen LogP contribution is -2.15. The minimum absolute atomic E-state index is 0.00417. The Labute approximate surface area is 118 Å². The zero-order valence-electron chi connectivity index (χ0n) is 10.5. The molecule has 0 spiro atoms. The SMILES string of the molecule is CCc1cc(C(=O)O)c(NC(=O)c2cccnc2F)s1. The molecule has 0 aliphatic rings. The zero-order valence-corrected chi connectivity index (χ0v) is 11.3. The molecular weight excluding hydrogens is 283 g/mol. The quantitative estimate of drug-likeness (QED) is 0.850. The van der Waals surface area contributed by atoms with Crippen LogP contribution in [0.4, 0.5) is 9.39 Å². The lowest BCUT2D eigenvalue weighted by Gasteiger charge is -2.04. The van der Waals surface area contributed by atoms with Gasteiger partial charge >= 0.3 is 5.97 Å². The van der Waals surface area contributed by atoms with Crippen LogP contribution in [0.15, 0.2) is 24.4 Å². The van der Waals surface area contributed by atoms with E-state index in [1.165, 1.54) is 24.4 Å². The van der Waals surface area contributed by atoms with E-state index in [9.17, 15) is 14.0 Å². The molecule has 0 atom stereocenters.